The molecule has 0 aliphatic heterocycles. The molecule has 0 aromatic carbocycles. The summed E-state index contributed by atoms with van der Waals surface area (Å²) >= 11 is 0. The maximum absolute atomic E-state index is 10.7. The van der Waals surface area contributed by atoms with E-state index >= 15 is 0 Å². The molecule has 4 heteroatoms. The number of hydrogen-bond donors (Lipinski definition) is 3. The van der Waals surface area contributed by atoms with Crippen molar-refractivity contribution in [2.75, 3.05) is 7.05 Å². The van der Waals surface area contributed by atoms with E-state index < -0.39 is 18.1 Å². The van der Waals surface area contributed by atoms with Gasteiger partial charge in [-0.25, -0.2) is 0 Å². The highest BCUT2D eigenvalue weighted by Gasteiger charge is 2.27. The third kappa shape index (κ3) is 3.89. The summed E-state index contributed by atoms with van der Waals surface area (Å²) in [7, 11) is 1.53. The van der Waals surface area contributed by atoms with Crippen molar-refractivity contribution in [2.24, 2.45) is 5.92 Å². The van der Waals surface area contributed by atoms with Crippen LogP contribution >= 0.6 is 0 Å². The van der Waals surface area contributed by atoms with E-state index in [9.17, 15) is 9.90 Å². The second-order valence-corrected chi connectivity index (χ2v) is 3.29. The molecule has 0 spiro atoms. The number of aliphatic hydroxyl groups is 1. The average molecular weight is 201 g/mol. The van der Waals surface area contributed by atoms with E-state index in [4.69, 9.17) is 5.11 Å². The number of aliphatic carboxylic acids is 1. The third-order valence-corrected chi connectivity index (χ3v) is 2.13. The predicted octanol–water partition coefficient (Wildman–Crippen LogP) is 0.622. The molecule has 0 aliphatic rings. The molecule has 0 aromatic heterocycles. The van der Waals surface area contributed by atoms with E-state index in [2.05, 4.69) is 5.32 Å². The van der Waals surface area contributed by atoms with E-state index in [0.29, 0.717) is 0 Å². The number of rotatable bonds is 6. The minimum absolute atomic E-state index is 0.163. The van der Waals surface area contributed by atoms with Gasteiger partial charge in [0.15, 0.2) is 0 Å². The molecular formula is C10H19NO3. The predicted molar refractivity (Wildman–Crippen MR) is 55.1 cm³/mol. The lowest BCUT2D eigenvalue weighted by atomic mass is 9.97. The Morgan fingerprint density at radius 3 is 2.50 bits per heavy atom. The Morgan fingerprint density at radius 1 is 1.57 bits per heavy atom. The molecule has 0 amide bonds. The Kier molecular flexibility index (Phi) is 6.16. The molecule has 0 fully saturated rings. The summed E-state index contributed by atoms with van der Waals surface area (Å²) < 4.78 is 0. The van der Waals surface area contributed by atoms with Crippen LogP contribution in [0.1, 0.15) is 20.3 Å². The van der Waals surface area contributed by atoms with Gasteiger partial charge >= 0.3 is 5.97 Å². The molecule has 3 N–H and O–H groups in total. The van der Waals surface area contributed by atoms with Crippen molar-refractivity contribution in [3.8, 4) is 0 Å². The van der Waals surface area contributed by atoms with Crippen LogP contribution < -0.4 is 5.32 Å². The first-order valence-electron chi connectivity index (χ1n) is 4.79. The molecule has 0 saturated carbocycles. The van der Waals surface area contributed by atoms with Gasteiger partial charge in [-0.3, -0.25) is 4.79 Å². The molecule has 14 heavy (non-hydrogen) atoms. The maximum atomic E-state index is 10.7. The van der Waals surface area contributed by atoms with Gasteiger partial charge in [0.1, 0.15) is 6.04 Å². The molecule has 4 nitrogen and oxygen atoms in total. The Labute approximate surface area is 84.6 Å². The zero-order valence-corrected chi connectivity index (χ0v) is 8.90. The first-order chi connectivity index (χ1) is 6.54. The normalized spacial score (nSPS) is 18.0. The molecule has 0 heterocycles. The topological polar surface area (TPSA) is 69.6 Å². The van der Waals surface area contributed by atoms with Crippen LogP contribution in [0.5, 0.6) is 0 Å². The number of allylic oxidation sites excluding steroid dienone is 1. The number of hydrogen-bond acceptors (Lipinski definition) is 3. The summed E-state index contributed by atoms with van der Waals surface area (Å²) in [5, 5.41) is 21.0. The summed E-state index contributed by atoms with van der Waals surface area (Å²) in [6.45, 7) is 3.78. The first kappa shape index (κ1) is 13.1. The van der Waals surface area contributed by atoms with Crippen LogP contribution in [-0.2, 0) is 4.79 Å². The Hall–Kier alpha value is -0.870. The lowest BCUT2D eigenvalue weighted by molar-refractivity contribution is -0.142. The highest BCUT2D eigenvalue weighted by Crippen LogP contribution is 2.09. The van der Waals surface area contributed by atoms with Crippen molar-refractivity contribution in [1.82, 2.24) is 5.32 Å². The monoisotopic (exact) mass is 201 g/mol. The van der Waals surface area contributed by atoms with E-state index in [0.717, 1.165) is 6.42 Å². The van der Waals surface area contributed by atoms with Gasteiger partial charge in [-0.1, -0.05) is 26.0 Å². The van der Waals surface area contributed by atoms with Crippen molar-refractivity contribution in [3.05, 3.63) is 12.2 Å². The van der Waals surface area contributed by atoms with E-state index in [1.165, 1.54) is 7.05 Å². The van der Waals surface area contributed by atoms with Gasteiger partial charge in [-0.05, 0) is 13.5 Å². The Balaban J connectivity index is 4.33. The molecular weight excluding hydrogens is 182 g/mol. The molecule has 0 aliphatic carbocycles. The summed E-state index contributed by atoms with van der Waals surface area (Å²) in [4.78, 5) is 10.7. The smallest absolute Gasteiger partial charge is 0.323 e. The lowest BCUT2D eigenvalue weighted by Crippen LogP contribution is -2.46. The highest BCUT2D eigenvalue weighted by atomic mass is 16.4. The Bertz CT molecular complexity index is 204. The number of aliphatic hydroxyl groups excluding tert-OH is 1. The zero-order chi connectivity index (χ0) is 11.1. The van der Waals surface area contributed by atoms with Crippen LogP contribution in [0.15, 0.2) is 12.2 Å². The van der Waals surface area contributed by atoms with Crippen LogP contribution in [0.4, 0.5) is 0 Å². The molecule has 82 valence electrons. The number of carbonyl (C=O) groups is 1. The second kappa shape index (κ2) is 6.56. The van der Waals surface area contributed by atoms with Gasteiger partial charge < -0.3 is 15.5 Å². The van der Waals surface area contributed by atoms with Crippen molar-refractivity contribution in [1.29, 1.82) is 0 Å². The zero-order valence-electron chi connectivity index (χ0n) is 8.90. The van der Waals surface area contributed by atoms with Crippen molar-refractivity contribution in [3.63, 3.8) is 0 Å². The minimum Gasteiger partial charge on any atom is -0.480 e. The average Bonchev–Trinajstić information content (AvgIpc) is 2.14. The Morgan fingerprint density at radius 2 is 2.14 bits per heavy atom. The molecule has 0 rings (SSSR count). The fourth-order valence-electron chi connectivity index (χ4n) is 1.21. The highest BCUT2D eigenvalue weighted by molar-refractivity contribution is 5.74. The number of nitrogens with one attached hydrogen (secondary N) is 1. The van der Waals surface area contributed by atoms with Gasteiger partial charge in [0.2, 0.25) is 0 Å². The lowest BCUT2D eigenvalue weighted by Gasteiger charge is -2.22. The van der Waals surface area contributed by atoms with Crippen LogP contribution in [0, 0.1) is 5.92 Å². The van der Waals surface area contributed by atoms with Gasteiger partial charge in [0.05, 0.1) is 6.10 Å². The standard InChI is InChI=1S/C10H19NO3/c1-4-5-6-7(2)9(12)8(11-3)10(13)14/h5-9,11-12H,4H2,1-3H3,(H,13,14)/t7?,8-,9+/m0/s1. The van der Waals surface area contributed by atoms with Crippen LogP contribution in [0.3, 0.4) is 0 Å². The molecule has 1 unspecified atom stereocenters. The summed E-state index contributed by atoms with van der Waals surface area (Å²) in [5.74, 6) is -1.19. The molecule has 3 atom stereocenters. The van der Waals surface area contributed by atoms with Crippen LogP contribution in [0.25, 0.3) is 0 Å². The fourth-order valence-corrected chi connectivity index (χ4v) is 1.21. The van der Waals surface area contributed by atoms with Crippen molar-refractivity contribution >= 4 is 5.97 Å². The van der Waals surface area contributed by atoms with Gasteiger partial charge in [0.25, 0.3) is 0 Å². The summed E-state index contributed by atoms with van der Waals surface area (Å²) in [6, 6.07) is -0.911. The number of carboxylic acids is 1. The minimum atomic E-state index is -1.03. The molecule has 0 bridgehead atoms. The molecule has 0 radical (unpaired) electrons. The van der Waals surface area contributed by atoms with Crippen molar-refractivity contribution in [2.45, 2.75) is 32.4 Å². The quantitative estimate of drug-likeness (QED) is 0.551. The molecule has 0 aromatic rings. The van der Waals surface area contributed by atoms with E-state index in [1.807, 2.05) is 19.1 Å². The summed E-state index contributed by atoms with van der Waals surface area (Å²) in [6.07, 6.45) is 3.73. The number of likely N-dealkylation sites (N-methyl/N-ethyl adjacent to an activating group) is 1. The molecule has 0 saturated heterocycles. The van der Waals surface area contributed by atoms with Gasteiger partial charge in [-0.15, -0.1) is 0 Å². The van der Waals surface area contributed by atoms with Crippen molar-refractivity contribution < 1.29 is 15.0 Å². The number of carboxylic acid groups (broad SMARTS) is 1. The fraction of sp³-hybridized carbons (Fsp3) is 0.700. The largest absolute Gasteiger partial charge is 0.480 e. The second-order valence-electron chi connectivity index (χ2n) is 3.29. The van der Waals surface area contributed by atoms with Crippen LogP contribution in [0.2, 0.25) is 0 Å². The van der Waals surface area contributed by atoms with E-state index in [-0.39, 0.29) is 5.92 Å². The SMILES string of the molecule is CCC=CC(C)[C@@H](O)[C@H](NC)C(=O)O. The third-order valence-electron chi connectivity index (χ3n) is 2.13. The van der Waals surface area contributed by atoms with E-state index in [1.54, 1.807) is 6.92 Å². The maximum Gasteiger partial charge on any atom is 0.323 e. The summed E-state index contributed by atoms with van der Waals surface area (Å²) in [5.41, 5.74) is 0. The van der Waals surface area contributed by atoms with Gasteiger partial charge in [0, 0.05) is 5.92 Å². The van der Waals surface area contributed by atoms with Gasteiger partial charge in [-0.2, -0.15) is 0 Å². The first-order valence-corrected chi connectivity index (χ1v) is 4.79. The van der Waals surface area contributed by atoms with Crippen LogP contribution in [-0.4, -0.2) is 35.4 Å².